The summed E-state index contributed by atoms with van der Waals surface area (Å²) in [6.45, 7) is 3.54. The number of rotatable bonds is 4. The highest BCUT2D eigenvalue weighted by molar-refractivity contribution is 5.90. The second kappa shape index (κ2) is 6.54. The zero-order chi connectivity index (χ0) is 17.4. The smallest absolute Gasteiger partial charge is 0.227 e. The van der Waals surface area contributed by atoms with Crippen molar-refractivity contribution < 1.29 is 9.59 Å². The van der Waals surface area contributed by atoms with E-state index in [1.807, 2.05) is 17.2 Å². The summed E-state index contributed by atoms with van der Waals surface area (Å²) in [4.78, 5) is 29.8. The summed E-state index contributed by atoms with van der Waals surface area (Å²) in [5, 5.41) is 4.27. The molecule has 2 fully saturated rings. The Balaban J connectivity index is 1.34. The summed E-state index contributed by atoms with van der Waals surface area (Å²) in [7, 11) is 0. The van der Waals surface area contributed by atoms with Crippen molar-refractivity contribution in [1.29, 1.82) is 0 Å². The maximum absolute atomic E-state index is 12.7. The minimum absolute atomic E-state index is 0.175. The van der Waals surface area contributed by atoms with Crippen LogP contribution in [0.3, 0.4) is 0 Å². The van der Waals surface area contributed by atoms with Crippen LogP contribution in [0.25, 0.3) is 10.9 Å². The summed E-state index contributed by atoms with van der Waals surface area (Å²) in [6, 6.07) is 6.41. The number of aryl methyl sites for hydroxylation is 1. The highest BCUT2D eigenvalue weighted by Gasteiger charge is 2.32. The number of piperidine rings is 1. The summed E-state index contributed by atoms with van der Waals surface area (Å²) < 4.78 is 0. The summed E-state index contributed by atoms with van der Waals surface area (Å²) in [5.41, 5.74) is 3.38. The molecule has 0 spiro atoms. The van der Waals surface area contributed by atoms with E-state index in [2.05, 4.69) is 29.4 Å². The highest BCUT2D eigenvalue weighted by atomic mass is 16.2. The first-order valence-corrected chi connectivity index (χ1v) is 9.25. The van der Waals surface area contributed by atoms with Gasteiger partial charge in [0.05, 0.1) is 6.42 Å². The second-order valence-electron chi connectivity index (χ2n) is 7.43. The maximum Gasteiger partial charge on any atom is 0.227 e. The van der Waals surface area contributed by atoms with Crippen LogP contribution in [0.4, 0.5) is 0 Å². The number of amides is 2. The van der Waals surface area contributed by atoms with Gasteiger partial charge in [0.1, 0.15) is 0 Å². The minimum Gasteiger partial charge on any atom is -0.361 e. The molecule has 1 saturated heterocycles. The standard InChI is InChI=1S/C20H25N3O2/c1-13-3-2-4-17-15(12-21-19(13)17)11-18(24)23-9-7-16(8-10-23)22-20(25)14-5-6-14/h2-4,12,14,16,21H,5-11H2,1H3,(H,22,25). The lowest BCUT2D eigenvalue weighted by Gasteiger charge is -2.32. The highest BCUT2D eigenvalue weighted by Crippen LogP contribution is 2.29. The van der Waals surface area contributed by atoms with Crippen LogP contribution in [0.15, 0.2) is 24.4 Å². The number of aromatic nitrogens is 1. The third-order valence-electron chi connectivity index (χ3n) is 5.49. The van der Waals surface area contributed by atoms with Gasteiger partial charge in [0, 0.05) is 42.1 Å². The van der Waals surface area contributed by atoms with Gasteiger partial charge in [-0.25, -0.2) is 0 Å². The third kappa shape index (κ3) is 3.41. The number of benzene rings is 1. The van der Waals surface area contributed by atoms with Crippen molar-refractivity contribution >= 4 is 22.7 Å². The van der Waals surface area contributed by atoms with Crippen molar-refractivity contribution in [3.05, 3.63) is 35.5 Å². The first kappa shape index (κ1) is 16.2. The molecule has 0 radical (unpaired) electrons. The van der Waals surface area contributed by atoms with Gasteiger partial charge < -0.3 is 15.2 Å². The molecule has 2 amide bonds. The summed E-state index contributed by atoms with van der Waals surface area (Å²) in [5.74, 6) is 0.637. The fraction of sp³-hybridized carbons (Fsp3) is 0.500. The zero-order valence-corrected chi connectivity index (χ0v) is 14.7. The van der Waals surface area contributed by atoms with Gasteiger partial charge in [0.25, 0.3) is 0 Å². The molecule has 4 rings (SSSR count). The van der Waals surface area contributed by atoms with Crippen LogP contribution in [0.1, 0.15) is 36.8 Å². The summed E-state index contributed by atoms with van der Waals surface area (Å²) in [6.07, 6.45) is 6.18. The van der Waals surface area contributed by atoms with Gasteiger partial charge in [0.2, 0.25) is 11.8 Å². The van der Waals surface area contributed by atoms with Crippen LogP contribution in [0.2, 0.25) is 0 Å². The van der Waals surface area contributed by atoms with E-state index in [-0.39, 0.29) is 23.8 Å². The van der Waals surface area contributed by atoms with Crippen molar-refractivity contribution in [2.24, 2.45) is 5.92 Å². The van der Waals surface area contributed by atoms with E-state index in [1.165, 1.54) is 5.56 Å². The number of aromatic amines is 1. The molecular weight excluding hydrogens is 314 g/mol. The SMILES string of the molecule is Cc1cccc2c(CC(=O)N3CCC(NC(=O)C4CC4)CC3)c[nH]c12. The number of likely N-dealkylation sites (tertiary alicyclic amines) is 1. The van der Waals surface area contributed by atoms with Crippen LogP contribution in [-0.4, -0.2) is 40.8 Å². The molecule has 1 aliphatic heterocycles. The molecule has 2 heterocycles. The molecule has 0 atom stereocenters. The largest absolute Gasteiger partial charge is 0.361 e. The Morgan fingerprint density at radius 1 is 1.20 bits per heavy atom. The van der Waals surface area contributed by atoms with Crippen LogP contribution in [0, 0.1) is 12.8 Å². The van der Waals surface area contributed by atoms with E-state index >= 15 is 0 Å². The number of nitrogens with zero attached hydrogens (tertiary/aromatic N) is 1. The number of carbonyl (C=O) groups excluding carboxylic acids is 2. The Kier molecular flexibility index (Phi) is 4.24. The van der Waals surface area contributed by atoms with Gasteiger partial charge in [-0.2, -0.15) is 0 Å². The molecule has 2 N–H and O–H groups in total. The molecule has 5 nitrogen and oxygen atoms in total. The average Bonchev–Trinajstić information content (AvgIpc) is 3.38. The number of hydrogen-bond donors (Lipinski definition) is 2. The second-order valence-corrected chi connectivity index (χ2v) is 7.43. The number of para-hydroxylation sites is 1. The number of hydrogen-bond acceptors (Lipinski definition) is 2. The minimum atomic E-state index is 0.175. The van der Waals surface area contributed by atoms with Crippen molar-refractivity contribution in [3.63, 3.8) is 0 Å². The van der Waals surface area contributed by atoms with Crippen molar-refractivity contribution in [2.75, 3.05) is 13.1 Å². The molecule has 132 valence electrons. The molecule has 5 heteroatoms. The van der Waals surface area contributed by atoms with Crippen LogP contribution in [0.5, 0.6) is 0 Å². The molecular formula is C20H25N3O2. The topological polar surface area (TPSA) is 65.2 Å². The maximum atomic E-state index is 12.7. The number of carbonyl (C=O) groups is 2. The zero-order valence-electron chi connectivity index (χ0n) is 14.7. The lowest BCUT2D eigenvalue weighted by atomic mass is 10.0. The molecule has 0 bridgehead atoms. The molecule has 0 unspecified atom stereocenters. The van der Waals surface area contributed by atoms with Gasteiger partial charge in [-0.1, -0.05) is 18.2 Å². The van der Waals surface area contributed by atoms with Crippen molar-refractivity contribution in [1.82, 2.24) is 15.2 Å². The molecule has 2 aromatic rings. The molecule has 1 aromatic carbocycles. The van der Waals surface area contributed by atoms with Crippen LogP contribution >= 0.6 is 0 Å². The van der Waals surface area contributed by atoms with Crippen LogP contribution < -0.4 is 5.32 Å². The molecule has 25 heavy (non-hydrogen) atoms. The molecule has 1 saturated carbocycles. The Morgan fingerprint density at radius 2 is 1.96 bits per heavy atom. The Bertz CT molecular complexity index is 798. The van der Waals surface area contributed by atoms with E-state index < -0.39 is 0 Å². The van der Waals surface area contributed by atoms with Gasteiger partial charge >= 0.3 is 0 Å². The van der Waals surface area contributed by atoms with E-state index in [1.54, 1.807) is 0 Å². The van der Waals surface area contributed by atoms with Gasteiger partial charge in [-0.15, -0.1) is 0 Å². The molecule has 1 aromatic heterocycles. The number of fused-ring (bicyclic) bond motifs is 1. The number of H-pyrrole nitrogens is 1. The van der Waals surface area contributed by atoms with Gasteiger partial charge in [0.15, 0.2) is 0 Å². The van der Waals surface area contributed by atoms with E-state index in [9.17, 15) is 9.59 Å². The van der Waals surface area contributed by atoms with Gasteiger partial charge in [-0.05, 0) is 43.7 Å². The summed E-state index contributed by atoms with van der Waals surface area (Å²) >= 11 is 0. The predicted octanol–water partition coefficient (Wildman–Crippen LogP) is 2.54. The monoisotopic (exact) mass is 339 g/mol. The van der Waals surface area contributed by atoms with E-state index in [0.29, 0.717) is 6.42 Å². The molecule has 2 aliphatic rings. The first-order valence-electron chi connectivity index (χ1n) is 9.25. The van der Waals surface area contributed by atoms with Crippen molar-refractivity contribution in [2.45, 2.75) is 45.1 Å². The van der Waals surface area contributed by atoms with E-state index in [0.717, 1.165) is 55.2 Å². The quantitative estimate of drug-likeness (QED) is 0.899. The van der Waals surface area contributed by atoms with E-state index in [4.69, 9.17) is 0 Å². The van der Waals surface area contributed by atoms with Crippen LogP contribution in [-0.2, 0) is 16.0 Å². The Morgan fingerprint density at radius 3 is 2.68 bits per heavy atom. The Labute approximate surface area is 147 Å². The predicted molar refractivity (Wildman–Crippen MR) is 97.2 cm³/mol. The molecule has 1 aliphatic carbocycles. The number of nitrogens with one attached hydrogen (secondary N) is 2. The Hall–Kier alpha value is -2.30. The first-order chi connectivity index (χ1) is 12.1. The van der Waals surface area contributed by atoms with Crippen molar-refractivity contribution in [3.8, 4) is 0 Å². The van der Waals surface area contributed by atoms with Gasteiger partial charge in [-0.3, -0.25) is 9.59 Å². The average molecular weight is 339 g/mol. The normalized spacial score (nSPS) is 18.5. The lowest BCUT2D eigenvalue weighted by Crippen LogP contribution is -2.47. The third-order valence-corrected chi connectivity index (χ3v) is 5.49. The fourth-order valence-corrected chi connectivity index (χ4v) is 3.72. The fourth-order valence-electron chi connectivity index (χ4n) is 3.72. The lowest BCUT2D eigenvalue weighted by molar-refractivity contribution is -0.131.